The van der Waals surface area contributed by atoms with Gasteiger partial charge in [-0.05, 0) is 22.3 Å². The molecule has 1 atom stereocenters. The van der Waals surface area contributed by atoms with Crippen LogP contribution in [0, 0.1) is 6.08 Å². The average molecular weight is 468 g/mol. The Hall–Kier alpha value is -1.40. The molecule has 3 aromatic rings. The van der Waals surface area contributed by atoms with Crippen molar-refractivity contribution in [2.24, 2.45) is 0 Å². The summed E-state index contributed by atoms with van der Waals surface area (Å²) in [6.07, 6.45) is 8.82. The van der Waals surface area contributed by atoms with Crippen LogP contribution in [0.5, 0.6) is 0 Å². The van der Waals surface area contributed by atoms with E-state index in [4.69, 9.17) is 0 Å². The van der Waals surface area contributed by atoms with E-state index in [1.807, 2.05) is 0 Å². The van der Waals surface area contributed by atoms with Gasteiger partial charge in [0.25, 0.3) is 0 Å². The fourth-order valence-corrected chi connectivity index (χ4v) is 4.08. The molecule has 2 aliphatic rings. The van der Waals surface area contributed by atoms with Crippen molar-refractivity contribution in [2.75, 3.05) is 0 Å². The maximum absolute atomic E-state index is 3.51. The third-order valence-corrected chi connectivity index (χ3v) is 5.07. The van der Waals surface area contributed by atoms with Gasteiger partial charge in [0, 0.05) is 5.92 Å². The summed E-state index contributed by atoms with van der Waals surface area (Å²) in [6, 6.07) is 26.4. The summed E-state index contributed by atoms with van der Waals surface area (Å²) in [5.74, 6) is 0.303. The summed E-state index contributed by atoms with van der Waals surface area (Å²) in [7, 11) is 0. The normalized spacial score (nSPS) is 15.6. The molecule has 0 saturated carbocycles. The van der Waals surface area contributed by atoms with Gasteiger partial charge < -0.3 is 24.8 Å². The fraction of sp³-hybridized carbons (Fsp3) is 0.0833. The molecule has 0 amide bonds. The van der Waals surface area contributed by atoms with Crippen LogP contribution in [0.3, 0.4) is 0 Å². The largest absolute Gasteiger partial charge is 3.00 e. The van der Waals surface area contributed by atoms with Crippen molar-refractivity contribution < 1.29 is 51.0 Å². The van der Waals surface area contributed by atoms with Crippen molar-refractivity contribution in [2.45, 2.75) is 12.3 Å². The van der Waals surface area contributed by atoms with E-state index in [0.717, 1.165) is 6.42 Å². The van der Waals surface area contributed by atoms with Crippen molar-refractivity contribution in [1.82, 2.24) is 0 Å². The first kappa shape index (κ1) is 21.9. The van der Waals surface area contributed by atoms with Gasteiger partial charge in [-0.2, -0.15) is 17.7 Å². The van der Waals surface area contributed by atoms with Gasteiger partial charge in [-0.3, -0.25) is 0 Å². The molecule has 0 aliphatic heterocycles. The number of allylic oxidation sites excluding steroid dienone is 4. The van der Waals surface area contributed by atoms with E-state index in [-0.39, 0.29) is 51.0 Å². The van der Waals surface area contributed by atoms with Gasteiger partial charge in [-0.1, -0.05) is 78.7 Å². The van der Waals surface area contributed by atoms with Crippen LogP contribution >= 0.6 is 0 Å². The minimum Gasteiger partial charge on any atom is -1.00 e. The third kappa shape index (κ3) is 3.66. The Kier molecular flexibility index (Phi) is 7.46. The van der Waals surface area contributed by atoms with E-state index in [1.165, 1.54) is 39.0 Å². The first-order valence-corrected chi connectivity index (χ1v) is 8.48. The number of rotatable bonds is 2. The number of fused-ring (bicyclic) bond motifs is 3. The van der Waals surface area contributed by atoms with Gasteiger partial charge in [0.1, 0.15) is 0 Å². The summed E-state index contributed by atoms with van der Waals surface area (Å²) in [6.45, 7) is 0. The molecule has 2 aliphatic carbocycles. The topological polar surface area (TPSA) is 0 Å². The maximum atomic E-state index is 3.51. The minimum absolute atomic E-state index is 0. The number of hydrogen-bond acceptors (Lipinski definition) is 0. The van der Waals surface area contributed by atoms with Crippen molar-refractivity contribution in [3.8, 4) is 11.1 Å². The molecule has 0 aromatic heterocycles. The Morgan fingerprint density at radius 3 is 2.11 bits per heavy atom. The van der Waals surface area contributed by atoms with Gasteiger partial charge >= 0.3 is 26.2 Å². The fourth-order valence-electron chi connectivity index (χ4n) is 4.08. The number of hydrogen-bond donors (Lipinski definition) is 0. The van der Waals surface area contributed by atoms with Crippen LogP contribution in [0.25, 0.3) is 16.7 Å². The summed E-state index contributed by atoms with van der Waals surface area (Å²) in [4.78, 5) is 0. The molecular formula is C24H17Cl2Zr. The van der Waals surface area contributed by atoms with Gasteiger partial charge in [0.15, 0.2) is 0 Å². The van der Waals surface area contributed by atoms with E-state index in [9.17, 15) is 0 Å². The average Bonchev–Trinajstić information content (AvgIpc) is 3.28. The first-order valence-electron chi connectivity index (χ1n) is 8.48. The van der Waals surface area contributed by atoms with E-state index < -0.39 is 0 Å². The molecule has 0 bridgehead atoms. The van der Waals surface area contributed by atoms with E-state index in [2.05, 4.69) is 91.0 Å². The van der Waals surface area contributed by atoms with Crippen LogP contribution in [0.15, 0.2) is 84.9 Å². The monoisotopic (exact) mass is 465 g/mol. The molecule has 131 valence electrons. The predicted octanol–water partition coefficient (Wildman–Crippen LogP) is -0.000810. The Balaban J connectivity index is 0.000000871. The van der Waals surface area contributed by atoms with Crippen LogP contribution in [0.1, 0.15) is 34.6 Å². The molecule has 0 N–H and O–H groups in total. The van der Waals surface area contributed by atoms with E-state index in [0.29, 0.717) is 5.92 Å². The molecule has 1 unspecified atom stereocenters. The Bertz CT molecular complexity index is 990. The molecule has 0 nitrogen and oxygen atoms in total. The van der Waals surface area contributed by atoms with Crippen molar-refractivity contribution >= 4 is 5.57 Å². The van der Waals surface area contributed by atoms with Crippen LogP contribution in [0.2, 0.25) is 0 Å². The Morgan fingerprint density at radius 1 is 0.704 bits per heavy atom. The maximum Gasteiger partial charge on any atom is 3.00 e. The van der Waals surface area contributed by atoms with Gasteiger partial charge in [0.2, 0.25) is 0 Å². The molecule has 0 heterocycles. The molecule has 1 radical (unpaired) electrons. The summed E-state index contributed by atoms with van der Waals surface area (Å²) < 4.78 is 0. The third-order valence-electron chi connectivity index (χ3n) is 5.07. The second-order valence-electron chi connectivity index (χ2n) is 6.39. The van der Waals surface area contributed by atoms with Crippen molar-refractivity contribution in [1.29, 1.82) is 0 Å². The van der Waals surface area contributed by atoms with E-state index in [1.54, 1.807) is 0 Å². The SMILES string of the molecule is [C-]1=C(c2cccc3c2C(c2ccccc2)c2ccccc2-3)C=CC1.[Cl-].[Cl-].[Zr+3]. The zero-order chi connectivity index (χ0) is 15.9. The number of halogens is 2. The molecule has 3 heteroatoms. The van der Waals surface area contributed by atoms with Crippen molar-refractivity contribution in [3.05, 3.63) is 113 Å². The quantitative estimate of drug-likeness (QED) is 0.364. The van der Waals surface area contributed by atoms with Crippen LogP contribution < -0.4 is 24.8 Å². The zero-order valence-electron chi connectivity index (χ0n) is 14.6. The van der Waals surface area contributed by atoms with Crippen molar-refractivity contribution in [3.63, 3.8) is 0 Å². The summed E-state index contributed by atoms with van der Waals surface area (Å²) in [5, 5.41) is 0. The predicted molar refractivity (Wildman–Crippen MR) is 99.7 cm³/mol. The van der Waals surface area contributed by atoms with Gasteiger partial charge in [-0.15, -0.1) is 17.7 Å². The van der Waals surface area contributed by atoms with Crippen LogP contribution in [-0.4, -0.2) is 0 Å². The molecule has 0 fully saturated rings. The van der Waals surface area contributed by atoms with Crippen LogP contribution in [-0.2, 0) is 26.2 Å². The minimum atomic E-state index is 0. The second kappa shape index (κ2) is 9.20. The molecule has 27 heavy (non-hydrogen) atoms. The second-order valence-corrected chi connectivity index (χ2v) is 6.39. The molecule has 3 aromatic carbocycles. The summed E-state index contributed by atoms with van der Waals surface area (Å²) >= 11 is 0. The molecular weight excluding hydrogens is 450 g/mol. The van der Waals surface area contributed by atoms with E-state index >= 15 is 0 Å². The standard InChI is InChI=1S/C24H17.2ClH.Zr/c1-2-11-18(12-3-1)23-21-14-7-6-13-20(21)22-16-8-15-19(24(22)23)17-9-4-5-10-17;;;/h1-4,6-9,11-16,23H,5H2;2*1H;/q-1;;;+3/p-2. The molecule has 0 spiro atoms. The van der Waals surface area contributed by atoms with Gasteiger partial charge in [-0.25, -0.2) is 0 Å². The smallest absolute Gasteiger partial charge is 1.00 e. The summed E-state index contributed by atoms with van der Waals surface area (Å²) in [5.41, 5.74) is 9.50. The van der Waals surface area contributed by atoms with Crippen LogP contribution in [0.4, 0.5) is 0 Å². The van der Waals surface area contributed by atoms with Gasteiger partial charge in [0.05, 0.1) is 0 Å². The first-order chi connectivity index (χ1) is 11.9. The Labute approximate surface area is 192 Å². The zero-order valence-corrected chi connectivity index (χ0v) is 18.6. The molecule has 0 saturated heterocycles. The Morgan fingerprint density at radius 2 is 1.37 bits per heavy atom. The number of benzene rings is 3. The molecule has 5 rings (SSSR count).